The van der Waals surface area contributed by atoms with Crippen molar-refractivity contribution in [3.8, 4) is 0 Å². The van der Waals surface area contributed by atoms with Crippen molar-refractivity contribution in [2.45, 2.75) is 32.5 Å². The molecule has 8 heteroatoms. The molecule has 0 aliphatic rings. The van der Waals surface area contributed by atoms with Crippen LogP contribution in [0.5, 0.6) is 0 Å². The van der Waals surface area contributed by atoms with Crippen LogP contribution in [0.4, 0.5) is 24.8 Å². The predicted octanol–water partition coefficient (Wildman–Crippen LogP) is 3.96. The molecule has 1 amide bonds. The van der Waals surface area contributed by atoms with Crippen molar-refractivity contribution in [2.24, 2.45) is 0 Å². The Balaban J connectivity index is 2.01. The second kappa shape index (κ2) is 7.29. The van der Waals surface area contributed by atoms with E-state index >= 15 is 0 Å². The number of benzene rings is 1. The first-order chi connectivity index (χ1) is 11.3. The maximum absolute atomic E-state index is 12.5. The van der Waals surface area contributed by atoms with E-state index in [0.717, 1.165) is 30.7 Å². The van der Waals surface area contributed by atoms with Crippen molar-refractivity contribution in [1.82, 2.24) is 10.2 Å². The first kappa shape index (κ1) is 17.7. The summed E-state index contributed by atoms with van der Waals surface area (Å²) < 4.78 is 37.5. The monoisotopic (exact) mass is 338 g/mol. The average Bonchev–Trinajstić information content (AvgIpc) is 2.55. The molecule has 0 bridgehead atoms. The van der Waals surface area contributed by atoms with Gasteiger partial charge in [0.05, 0.1) is 5.56 Å². The summed E-state index contributed by atoms with van der Waals surface area (Å²) in [5.74, 6) is 0.243. The van der Waals surface area contributed by atoms with Crippen molar-refractivity contribution in [1.29, 1.82) is 0 Å². The summed E-state index contributed by atoms with van der Waals surface area (Å²) in [5, 5.41) is 13.4. The van der Waals surface area contributed by atoms with Gasteiger partial charge in [0.25, 0.3) is 5.91 Å². The summed E-state index contributed by atoms with van der Waals surface area (Å²) in [6.07, 6.45) is -3.51. The first-order valence-electron chi connectivity index (χ1n) is 7.38. The lowest BCUT2D eigenvalue weighted by Crippen LogP contribution is -2.16. The number of nitrogens with zero attached hydrogens (tertiary/aromatic N) is 2. The maximum Gasteiger partial charge on any atom is 0.416 e. The Kier molecular flexibility index (Phi) is 5.38. The SMILES string of the molecule is CCC(C)Nc1ccc(NC(=O)c2ccc(C(F)(F)F)cc2)nn1. The fourth-order valence-corrected chi connectivity index (χ4v) is 1.83. The van der Waals surface area contributed by atoms with Crippen LogP contribution in [0.15, 0.2) is 36.4 Å². The Morgan fingerprint density at radius 2 is 1.67 bits per heavy atom. The number of aromatic nitrogens is 2. The third kappa shape index (κ3) is 4.68. The molecule has 1 aromatic heterocycles. The Morgan fingerprint density at radius 1 is 1.08 bits per heavy atom. The lowest BCUT2D eigenvalue weighted by molar-refractivity contribution is -0.137. The van der Waals surface area contributed by atoms with E-state index in [0.29, 0.717) is 5.82 Å². The fraction of sp³-hybridized carbons (Fsp3) is 0.312. The molecule has 2 rings (SSSR count). The highest BCUT2D eigenvalue weighted by atomic mass is 19.4. The number of carbonyl (C=O) groups is 1. The second-order valence-corrected chi connectivity index (χ2v) is 5.29. The molecule has 0 saturated heterocycles. The minimum atomic E-state index is -4.43. The van der Waals surface area contributed by atoms with Crippen LogP contribution in [0.1, 0.15) is 36.2 Å². The van der Waals surface area contributed by atoms with Crippen molar-refractivity contribution < 1.29 is 18.0 Å². The molecule has 2 aromatic rings. The van der Waals surface area contributed by atoms with E-state index in [-0.39, 0.29) is 17.4 Å². The van der Waals surface area contributed by atoms with Crippen LogP contribution < -0.4 is 10.6 Å². The van der Waals surface area contributed by atoms with Crippen LogP contribution in [-0.4, -0.2) is 22.1 Å². The number of hydrogen-bond donors (Lipinski definition) is 2. The summed E-state index contributed by atoms with van der Waals surface area (Å²) in [6, 6.07) is 7.43. The zero-order valence-corrected chi connectivity index (χ0v) is 13.2. The summed E-state index contributed by atoms with van der Waals surface area (Å²) in [6.45, 7) is 4.03. The lowest BCUT2D eigenvalue weighted by atomic mass is 10.1. The number of alkyl halides is 3. The van der Waals surface area contributed by atoms with Crippen LogP contribution in [0.2, 0.25) is 0 Å². The molecular weight excluding hydrogens is 321 g/mol. The van der Waals surface area contributed by atoms with E-state index in [1.165, 1.54) is 0 Å². The first-order valence-corrected chi connectivity index (χ1v) is 7.38. The van der Waals surface area contributed by atoms with E-state index in [2.05, 4.69) is 20.8 Å². The lowest BCUT2D eigenvalue weighted by Gasteiger charge is -2.11. The van der Waals surface area contributed by atoms with Crippen molar-refractivity contribution in [2.75, 3.05) is 10.6 Å². The van der Waals surface area contributed by atoms with Crippen molar-refractivity contribution in [3.05, 3.63) is 47.5 Å². The van der Waals surface area contributed by atoms with Crippen LogP contribution in [0.3, 0.4) is 0 Å². The fourth-order valence-electron chi connectivity index (χ4n) is 1.83. The third-order valence-electron chi connectivity index (χ3n) is 3.39. The van der Waals surface area contributed by atoms with Gasteiger partial charge in [0.15, 0.2) is 5.82 Å². The van der Waals surface area contributed by atoms with Gasteiger partial charge in [-0.15, -0.1) is 10.2 Å². The molecular formula is C16H17F3N4O. The summed E-state index contributed by atoms with van der Waals surface area (Å²) in [7, 11) is 0. The second-order valence-electron chi connectivity index (χ2n) is 5.29. The van der Waals surface area contributed by atoms with Gasteiger partial charge in [0.1, 0.15) is 5.82 Å². The topological polar surface area (TPSA) is 66.9 Å². The molecule has 0 aliphatic carbocycles. The Morgan fingerprint density at radius 3 is 2.17 bits per heavy atom. The Labute approximate surface area is 137 Å². The van der Waals surface area contributed by atoms with Gasteiger partial charge in [-0.05, 0) is 49.7 Å². The summed E-state index contributed by atoms with van der Waals surface area (Å²) >= 11 is 0. The van der Waals surface area contributed by atoms with Crippen LogP contribution in [-0.2, 0) is 6.18 Å². The molecule has 0 saturated carbocycles. The van der Waals surface area contributed by atoms with E-state index in [9.17, 15) is 18.0 Å². The van der Waals surface area contributed by atoms with Gasteiger partial charge in [-0.3, -0.25) is 4.79 Å². The van der Waals surface area contributed by atoms with E-state index in [4.69, 9.17) is 0 Å². The van der Waals surface area contributed by atoms with E-state index < -0.39 is 17.6 Å². The third-order valence-corrected chi connectivity index (χ3v) is 3.39. The molecule has 1 unspecified atom stereocenters. The zero-order valence-electron chi connectivity index (χ0n) is 13.2. The Bertz CT molecular complexity index is 684. The highest BCUT2D eigenvalue weighted by Crippen LogP contribution is 2.29. The molecule has 1 atom stereocenters. The van der Waals surface area contributed by atoms with Crippen LogP contribution in [0.25, 0.3) is 0 Å². The standard InChI is InChI=1S/C16H17F3N4O/c1-3-10(2)20-13-8-9-14(23-22-13)21-15(24)11-4-6-12(7-5-11)16(17,18)19/h4-10H,3H2,1-2H3,(H,20,22)(H,21,23,24). The Hall–Kier alpha value is -2.64. The van der Waals surface area contributed by atoms with Crippen LogP contribution in [0, 0.1) is 0 Å². The number of amides is 1. The van der Waals surface area contributed by atoms with Gasteiger partial charge in [0.2, 0.25) is 0 Å². The van der Waals surface area contributed by atoms with Gasteiger partial charge in [0, 0.05) is 11.6 Å². The van der Waals surface area contributed by atoms with Gasteiger partial charge in [-0.1, -0.05) is 6.92 Å². The number of rotatable bonds is 5. The summed E-state index contributed by atoms with van der Waals surface area (Å²) in [5.41, 5.74) is -0.703. The number of nitrogens with one attached hydrogen (secondary N) is 2. The van der Waals surface area contributed by atoms with Crippen molar-refractivity contribution in [3.63, 3.8) is 0 Å². The molecule has 0 spiro atoms. The van der Waals surface area contributed by atoms with Gasteiger partial charge in [-0.2, -0.15) is 13.2 Å². The molecule has 1 heterocycles. The maximum atomic E-state index is 12.5. The molecule has 24 heavy (non-hydrogen) atoms. The number of hydrogen-bond acceptors (Lipinski definition) is 4. The van der Waals surface area contributed by atoms with Gasteiger partial charge < -0.3 is 10.6 Å². The van der Waals surface area contributed by atoms with Crippen molar-refractivity contribution >= 4 is 17.5 Å². The van der Waals surface area contributed by atoms with Crippen LogP contribution >= 0.6 is 0 Å². The molecule has 0 radical (unpaired) electrons. The smallest absolute Gasteiger partial charge is 0.366 e. The van der Waals surface area contributed by atoms with E-state index in [1.807, 2.05) is 13.8 Å². The minimum Gasteiger partial charge on any atom is -0.366 e. The zero-order chi connectivity index (χ0) is 17.7. The number of anilines is 2. The highest BCUT2D eigenvalue weighted by Gasteiger charge is 2.30. The molecule has 5 nitrogen and oxygen atoms in total. The molecule has 0 aliphatic heterocycles. The summed E-state index contributed by atoms with van der Waals surface area (Å²) in [4.78, 5) is 12.0. The number of carbonyl (C=O) groups excluding carboxylic acids is 1. The van der Waals surface area contributed by atoms with Gasteiger partial charge >= 0.3 is 6.18 Å². The molecule has 2 N–H and O–H groups in total. The predicted molar refractivity (Wildman–Crippen MR) is 84.8 cm³/mol. The number of halogens is 3. The normalized spacial score (nSPS) is 12.5. The highest BCUT2D eigenvalue weighted by molar-refractivity contribution is 6.03. The quantitative estimate of drug-likeness (QED) is 0.866. The largest absolute Gasteiger partial charge is 0.416 e. The van der Waals surface area contributed by atoms with E-state index in [1.54, 1.807) is 12.1 Å². The van der Waals surface area contributed by atoms with Gasteiger partial charge in [-0.25, -0.2) is 0 Å². The molecule has 0 fully saturated rings. The average molecular weight is 338 g/mol. The molecule has 128 valence electrons. The molecule has 1 aromatic carbocycles. The minimum absolute atomic E-state index is 0.103.